The van der Waals surface area contributed by atoms with Gasteiger partial charge in [0.25, 0.3) is 0 Å². The lowest BCUT2D eigenvalue weighted by Crippen LogP contribution is -2.16. The lowest BCUT2D eigenvalue weighted by Gasteiger charge is -2.03. The summed E-state index contributed by atoms with van der Waals surface area (Å²) in [4.78, 5) is 0. The van der Waals surface area contributed by atoms with Crippen LogP contribution in [0, 0.1) is 12.7 Å². The van der Waals surface area contributed by atoms with Gasteiger partial charge in [0.2, 0.25) is 0 Å². The summed E-state index contributed by atoms with van der Waals surface area (Å²) in [5.41, 5.74) is 3.61. The molecular weight excluding hydrogens is 357 g/mol. The fraction of sp³-hybridized carbons (Fsp3) is 0.238. The van der Waals surface area contributed by atoms with E-state index in [0.717, 1.165) is 30.0 Å². The van der Waals surface area contributed by atoms with Crippen LogP contribution in [0.3, 0.4) is 0 Å². The van der Waals surface area contributed by atoms with Crippen LogP contribution in [0.1, 0.15) is 16.9 Å². The van der Waals surface area contributed by atoms with E-state index in [9.17, 15) is 4.39 Å². The fourth-order valence-electron chi connectivity index (χ4n) is 3.12. The zero-order valence-electron chi connectivity index (χ0n) is 15.9. The Labute approximate surface area is 162 Å². The number of benzene rings is 1. The maximum atomic E-state index is 13.6. The van der Waals surface area contributed by atoms with Crippen LogP contribution in [0.2, 0.25) is 0 Å². The third-order valence-corrected chi connectivity index (χ3v) is 4.50. The molecule has 4 rings (SSSR count). The molecule has 0 saturated carbocycles. The normalized spacial score (nSPS) is 11.2. The molecule has 4 aromatic rings. The van der Waals surface area contributed by atoms with Crippen LogP contribution in [0.4, 0.5) is 4.39 Å². The molecule has 0 amide bonds. The number of halogens is 1. The molecule has 0 aliphatic rings. The molecule has 0 saturated heterocycles. The predicted octanol–water partition coefficient (Wildman–Crippen LogP) is 3.65. The van der Waals surface area contributed by atoms with Gasteiger partial charge in [-0.2, -0.15) is 10.2 Å². The molecule has 6 nitrogen and oxygen atoms in total. The number of nitrogens with one attached hydrogen (secondary N) is 1. The van der Waals surface area contributed by atoms with Gasteiger partial charge in [0, 0.05) is 31.5 Å². The molecule has 1 N–H and O–H groups in total. The number of rotatable bonds is 7. The van der Waals surface area contributed by atoms with Crippen LogP contribution in [-0.2, 0) is 20.0 Å². The highest BCUT2D eigenvalue weighted by Gasteiger charge is 2.15. The molecule has 0 radical (unpaired) electrons. The first-order valence-corrected chi connectivity index (χ1v) is 9.18. The summed E-state index contributed by atoms with van der Waals surface area (Å²) >= 11 is 0. The van der Waals surface area contributed by atoms with Gasteiger partial charge in [-0.25, -0.2) is 9.07 Å². The second-order valence-corrected chi connectivity index (χ2v) is 6.79. The zero-order valence-corrected chi connectivity index (χ0v) is 15.9. The Balaban J connectivity index is 1.54. The second kappa shape index (κ2) is 7.82. The molecular formula is C21H22FN5O. The molecule has 0 aliphatic carbocycles. The molecule has 0 aliphatic heterocycles. The van der Waals surface area contributed by atoms with Crippen molar-refractivity contribution in [2.75, 3.05) is 6.54 Å². The maximum Gasteiger partial charge on any atom is 0.154 e. The largest absolute Gasteiger partial charge is 0.460 e. The minimum absolute atomic E-state index is 0.292. The van der Waals surface area contributed by atoms with E-state index in [1.807, 2.05) is 50.8 Å². The Hall–Kier alpha value is -3.19. The molecule has 0 unspecified atom stereocenters. The van der Waals surface area contributed by atoms with E-state index >= 15 is 0 Å². The van der Waals surface area contributed by atoms with Crippen molar-refractivity contribution in [2.45, 2.75) is 19.9 Å². The van der Waals surface area contributed by atoms with Crippen molar-refractivity contribution in [3.05, 3.63) is 77.7 Å². The molecule has 0 fully saturated rings. The molecule has 0 atom stereocenters. The number of hydrogen-bond donors (Lipinski definition) is 1. The van der Waals surface area contributed by atoms with Crippen LogP contribution in [0.25, 0.3) is 17.1 Å². The van der Waals surface area contributed by atoms with Gasteiger partial charge < -0.3 is 9.73 Å². The summed E-state index contributed by atoms with van der Waals surface area (Å²) in [7, 11) is 1.91. The van der Waals surface area contributed by atoms with Gasteiger partial charge in [-0.1, -0.05) is 6.07 Å². The first-order valence-electron chi connectivity index (χ1n) is 9.18. The average molecular weight is 379 g/mol. The zero-order chi connectivity index (χ0) is 19.5. The Kier molecular flexibility index (Phi) is 5.08. The van der Waals surface area contributed by atoms with E-state index in [1.165, 1.54) is 17.7 Å². The van der Waals surface area contributed by atoms with Crippen molar-refractivity contribution in [3.8, 4) is 17.1 Å². The summed E-state index contributed by atoms with van der Waals surface area (Å²) in [6.07, 6.45) is 6.70. The van der Waals surface area contributed by atoms with Gasteiger partial charge in [0.05, 0.1) is 11.9 Å². The summed E-state index contributed by atoms with van der Waals surface area (Å²) in [6, 6.07) is 10.2. The summed E-state index contributed by atoms with van der Waals surface area (Å²) in [5.74, 6) is 1.24. The molecule has 144 valence electrons. The molecule has 1 aromatic carbocycles. The summed E-state index contributed by atoms with van der Waals surface area (Å²) < 4.78 is 22.9. The number of nitrogens with zero attached hydrogens (tertiary/aromatic N) is 4. The second-order valence-electron chi connectivity index (χ2n) is 6.79. The van der Waals surface area contributed by atoms with Gasteiger partial charge >= 0.3 is 0 Å². The van der Waals surface area contributed by atoms with Gasteiger partial charge in [-0.05, 0) is 55.8 Å². The highest BCUT2D eigenvalue weighted by molar-refractivity contribution is 5.57. The smallest absolute Gasteiger partial charge is 0.154 e. The quantitative estimate of drug-likeness (QED) is 0.498. The van der Waals surface area contributed by atoms with E-state index in [4.69, 9.17) is 4.42 Å². The van der Waals surface area contributed by atoms with Crippen molar-refractivity contribution in [1.82, 2.24) is 24.9 Å². The van der Waals surface area contributed by atoms with Crippen molar-refractivity contribution >= 4 is 0 Å². The standard InChI is InChI=1S/C21H22FN5O/c1-15-6-7-20(28-15)21-17(12-23-9-8-16-11-24-26(2)13-16)14-27(25-21)19-5-3-4-18(22)10-19/h3-7,10-11,13-14,23H,8-9,12H2,1-2H3. The first-order chi connectivity index (χ1) is 13.6. The van der Waals surface area contributed by atoms with E-state index in [-0.39, 0.29) is 5.82 Å². The number of aromatic nitrogens is 4. The van der Waals surface area contributed by atoms with Crippen LogP contribution in [0.15, 0.2) is 59.4 Å². The Bertz CT molecular complexity index is 1080. The fourth-order valence-corrected chi connectivity index (χ4v) is 3.12. The molecule has 0 bridgehead atoms. The Morgan fingerprint density at radius 1 is 1.18 bits per heavy atom. The average Bonchev–Trinajstić information content (AvgIpc) is 3.39. The first kappa shape index (κ1) is 18.2. The number of furan rings is 1. The van der Waals surface area contributed by atoms with Crippen molar-refractivity contribution in [3.63, 3.8) is 0 Å². The van der Waals surface area contributed by atoms with Crippen LogP contribution in [-0.4, -0.2) is 26.1 Å². The Morgan fingerprint density at radius 2 is 2.07 bits per heavy atom. The highest BCUT2D eigenvalue weighted by Crippen LogP contribution is 2.25. The number of hydrogen-bond acceptors (Lipinski definition) is 4. The maximum absolute atomic E-state index is 13.6. The topological polar surface area (TPSA) is 60.8 Å². The third-order valence-electron chi connectivity index (χ3n) is 4.50. The van der Waals surface area contributed by atoms with E-state index < -0.39 is 0 Å². The molecule has 3 aromatic heterocycles. The molecule has 7 heteroatoms. The highest BCUT2D eigenvalue weighted by atomic mass is 19.1. The number of aryl methyl sites for hydroxylation is 2. The lowest BCUT2D eigenvalue weighted by atomic mass is 10.2. The SMILES string of the molecule is Cc1ccc(-c2nn(-c3cccc(F)c3)cc2CNCCc2cnn(C)c2)o1. The van der Waals surface area contributed by atoms with Crippen LogP contribution >= 0.6 is 0 Å². The minimum atomic E-state index is -0.292. The molecule has 0 spiro atoms. The summed E-state index contributed by atoms with van der Waals surface area (Å²) in [6.45, 7) is 3.34. The van der Waals surface area contributed by atoms with E-state index in [1.54, 1.807) is 15.4 Å². The van der Waals surface area contributed by atoms with Crippen molar-refractivity contribution in [1.29, 1.82) is 0 Å². The van der Waals surface area contributed by atoms with Gasteiger partial charge in [-0.3, -0.25) is 4.68 Å². The predicted molar refractivity (Wildman–Crippen MR) is 105 cm³/mol. The van der Waals surface area contributed by atoms with E-state index in [2.05, 4.69) is 15.5 Å². The van der Waals surface area contributed by atoms with Crippen LogP contribution in [0.5, 0.6) is 0 Å². The van der Waals surface area contributed by atoms with E-state index in [0.29, 0.717) is 18.0 Å². The lowest BCUT2D eigenvalue weighted by molar-refractivity contribution is 0.544. The van der Waals surface area contributed by atoms with Gasteiger partial charge in [-0.15, -0.1) is 0 Å². The monoisotopic (exact) mass is 379 g/mol. The van der Waals surface area contributed by atoms with Crippen molar-refractivity contribution < 1.29 is 8.81 Å². The third kappa shape index (κ3) is 4.04. The van der Waals surface area contributed by atoms with Gasteiger partial charge in [0.1, 0.15) is 17.3 Å². The van der Waals surface area contributed by atoms with Gasteiger partial charge in [0.15, 0.2) is 5.76 Å². The molecule has 28 heavy (non-hydrogen) atoms. The van der Waals surface area contributed by atoms with Crippen molar-refractivity contribution in [2.24, 2.45) is 7.05 Å². The minimum Gasteiger partial charge on any atom is -0.460 e. The summed E-state index contributed by atoms with van der Waals surface area (Å²) in [5, 5.41) is 12.3. The molecule has 3 heterocycles. The van der Waals surface area contributed by atoms with Crippen LogP contribution < -0.4 is 5.32 Å². The Morgan fingerprint density at radius 3 is 2.79 bits per heavy atom.